The second-order valence-corrected chi connectivity index (χ2v) is 5.36. The van der Waals surface area contributed by atoms with Gasteiger partial charge in [-0.2, -0.15) is 11.8 Å². The van der Waals surface area contributed by atoms with Gasteiger partial charge in [0.05, 0.1) is 5.69 Å². The van der Waals surface area contributed by atoms with Crippen LogP contribution in [0.3, 0.4) is 0 Å². The SMILES string of the molecule is CNC(=S)NCCSCc1ncccc1Br. The summed E-state index contributed by atoms with van der Waals surface area (Å²) in [5.74, 6) is 1.92. The molecule has 2 N–H and O–H groups in total. The van der Waals surface area contributed by atoms with E-state index >= 15 is 0 Å². The van der Waals surface area contributed by atoms with Crippen molar-refractivity contribution in [2.75, 3.05) is 19.3 Å². The largest absolute Gasteiger partial charge is 0.366 e. The molecule has 0 unspecified atom stereocenters. The van der Waals surface area contributed by atoms with Crippen LogP contribution < -0.4 is 10.6 Å². The molecule has 0 radical (unpaired) electrons. The number of rotatable bonds is 5. The number of hydrogen-bond acceptors (Lipinski definition) is 3. The van der Waals surface area contributed by atoms with Crippen molar-refractivity contribution in [3.05, 3.63) is 28.5 Å². The highest BCUT2D eigenvalue weighted by molar-refractivity contribution is 9.10. The molecular weight excluding hydrogens is 306 g/mol. The molecule has 0 amide bonds. The summed E-state index contributed by atoms with van der Waals surface area (Å²) >= 11 is 10.3. The summed E-state index contributed by atoms with van der Waals surface area (Å²) in [4.78, 5) is 4.30. The van der Waals surface area contributed by atoms with E-state index in [-0.39, 0.29) is 0 Å². The first-order valence-electron chi connectivity index (χ1n) is 4.86. The quantitative estimate of drug-likeness (QED) is 0.642. The molecule has 0 aliphatic heterocycles. The van der Waals surface area contributed by atoms with Crippen molar-refractivity contribution in [2.45, 2.75) is 5.75 Å². The van der Waals surface area contributed by atoms with Gasteiger partial charge in [-0.25, -0.2) is 0 Å². The summed E-state index contributed by atoms with van der Waals surface area (Å²) in [5, 5.41) is 6.67. The van der Waals surface area contributed by atoms with Crippen molar-refractivity contribution >= 4 is 45.0 Å². The number of halogens is 1. The topological polar surface area (TPSA) is 37.0 Å². The van der Waals surface area contributed by atoms with E-state index in [1.807, 2.05) is 37.1 Å². The van der Waals surface area contributed by atoms with Gasteiger partial charge < -0.3 is 10.6 Å². The Bertz CT molecular complexity index is 347. The van der Waals surface area contributed by atoms with E-state index in [1.54, 1.807) is 0 Å². The van der Waals surface area contributed by atoms with Gasteiger partial charge in [0.25, 0.3) is 0 Å². The molecule has 1 rings (SSSR count). The van der Waals surface area contributed by atoms with E-state index in [4.69, 9.17) is 12.2 Å². The van der Waals surface area contributed by atoms with Crippen molar-refractivity contribution in [1.29, 1.82) is 0 Å². The molecule has 0 saturated carbocycles. The zero-order valence-corrected chi connectivity index (χ0v) is 12.2. The average Bonchev–Trinajstić information content (AvgIpc) is 2.30. The number of thiocarbonyl (C=S) groups is 1. The molecule has 1 aromatic rings. The van der Waals surface area contributed by atoms with Crippen LogP contribution in [-0.4, -0.2) is 29.4 Å². The minimum Gasteiger partial charge on any atom is -0.366 e. The Morgan fingerprint density at radius 3 is 3.12 bits per heavy atom. The van der Waals surface area contributed by atoms with E-state index in [0.717, 1.165) is 28.2 Å². The molecule has 6 heteroatoms. The fourth-order valence-electron chi connectivity index (χ4n) is 1.02. The molecule has 0 spiro atoms. The molecule has 3 nitrogen and oxygen atoms in total. The first-order valence-corrected chi connectivity index (χ1v) is 7.22. The number of nitrogens with one attached hydrogen (secondary N) is 2. The summed E-state index contributed by atoms with van der Waals surface area (Å²) in [6.07, 6.45) is 1.81. The third kappa shape index (κ3) is 5.14. The summed E-state index contributed by atoms with van der Waals surface area (Å²) in [5.41, 5.74) is 1.09. The Morgan fingerprint density at radius 1 is 1.62 bits per heavy atom. The van der Waals surface area contributed by atoms with E-state index < -0.39 is 0 Å². The average molecular weight is 320 g/mol. The fraction of sp³-hybridized carbons (Fsp3) is 0.400. The van der Waals surface area contributed by atoms with Crippen molar-refractivity contribution in [3.8, 4) is 0 Å². The van der Waals surface area contributed by atoms with E-state index in [2.05, 4.69) is 31.5 Å². The van der Waals surface area contributed by atoms with Crippen molar-refractivity contribution in [2.24, 2.45) is 0 Å². The van der Waals surface area contributed by atoms with Crippen LogP contribution >= 0.6 is 39.9 Å². The van der Waals surface area contributed by atoms with Gasteiger partial charge in [-0.3, -0.25) is 4.98 Å². The summed E-state index contributed by atoms with van der Waals surface area (Å²) in [6.45, 7) is 0.870. The summed E-state index contributed by atoms with van der Waals surface area (Å²) < 4.78 is 1.07. The Morgan fingerprint density at radius 2 is 2.44 bits per heavy atom. The number of aromatic nitrogens is 1. The maximum absolute atomic E-state index is 4.97. The zero-order valence-electron chi connectivity index (χ0n) is 9.00. The monoisotopic (exact) mass is 319 g/mol. The highest BCUT2D eigenvalue weighted by atomic mass is 79.9. The van der Waals surface area contributed by atoms with Gasteiger partial charge >= 0.3 is 0 Å². The highest BCUT2D eigenvalue weighted by Gasteiger charge is 1.99. The Balaban J connectivity index is 2.17. The lowest BCUT2D eigenvalue weighted by Gasteiger charge is -2.06. The lowest BCUT2D eigenvalue weighted by Crippen LogP contribution is -2.33. The van der Waals surface area contributed by atoms with Gasteiger partial charge in [0.1, 0.15) is 0 Å². The van der Waals surface area contributed by atoms with Crippen LogP contribution in [0.1, 0.15) is 5.69 Å². The van der Waals surface area contributed by atoms with E-state index in [1.165, 1.54) is 0 Å². The van der Waals surface area contributed by atoms with Crippen LogP contribution in [0.5, 0.6) is 0 Å². The van der Waals surface area contributed by atoms with Gasteiger partial charge in [-0.15, -0.1) is 0 Å². The van der Waals surface area contributed by atoms with Crippen molar-refractivity contribution in [1.82, 2.24) is 15.6 Å². The number of pyridine rings is 1. The highest BCUT2D eigenvalue weighted by Crippen LogP contribution is 2.18. The van der Waals surface area contributed by atoms with Gasteiger partial charge in [-0.05, 0) is 40.3 Å². The predicted molar refractivity (Wildman–Crippen MR) is 77.8 cm³/mol. The molecule has 0 saturated heterocycles. The molecule has 0 atom stereocenters. The maximum atomic E-state index is 4.97. The molecule has 88 valence electrons. The van der Waals surface area contributed by atoms with Gasteiger partial charge in [0.2, 0.25) is 0 Å². The predicted octanol–water partition coefficient (Wildman–Crippen LogP) is 2.17. The maximum Gasteiger partial charge on any atom is 0.166 e. The molecule has 0 aromatic carbocycles. The smallest absolute Gasteiger partial charge is 0.166 e. The summed E-state index contributed by atoms with van der Waals surface area (Å²) in [6, 6.07) is 3.93. The van der Waals surface area contributed by atoms with Crippen LogP contribution in [0.2, 0.25) is 0 Å². The number of nitrogens with zero attached hydrogens (tertiary/aromatic N) is 1. The molecule has 0 bridgehead atoms. The molecule has 0 aliphatic rings. The van der Waals surface area contributed by atoms with Gasteiger partial charge in [-0.1, -0.05) is 0 Å². The van der Waals surface area contributed by atoms with E-state index in [9.17, 15) is 0 Å². The zero-order chi connectivity index (χ0) is 11.8. The standard InChI is InChI=1S/C10H14BrN3S2/c1-12-10(15)14-5-6-16-7-9-8(11)3-2-4-13-9/h2-4H,5-7H2,1H3,(H2,12,14,15). The van der Waals surface area contributed by atoms with Crippen LogP contribution in [0.15, 0.2) is 22.8 Å². The molecule has 0 aliphatic carbocycles. The first-order chi connectivity index (χ1) is 7.74. The van der Waals surface area contributed by atoms with Gasteiger partial charge in [0.15, 0.2) is 5.11 Å². The lowest BCUT2D eigenvalue weighted by atomic mass is 10.4. The van der Waals surface area contributed by atoms with Crippen molar-refractivity contribution < 1.29 is 0 Å². The Kier molecular flexibility index (Phi) is 6.75. The van der Waals surface area contributed by atoms with Crippen LogP contribution in [0.4, 0.5) is 0 Å². The van der Waals surface area contributed by atoms with Crippen LogP contribution in [0, 0.1) is 0 Å². The minimum atomic E-state index is 0.694. The number of thioether (sulfide) groups is 1. The molecular formula is C10H14BrN3S2. The molecule has 16 heavy (non-hydrogen) atoms. The second kappa shape index (κ2) is 7.86. The normalized spacial score (nSPS) is 9.88. The van der Waals surface area contributed by atoms with Gasteiger partial charge in [0, 0.05) is 35.8 Å². The summed E-state index contributed by atoms with van der Waals surface area (Å²) in [7, 11) is 1.81. The molecule has 1 aromatic heterocycles. The van der Waals surface area contributed by atoms with E-state index in [0.29, 0.717) is 5.11 Å². The Hall–Kier alpha value is -0.330. The minimum absolute atomic E-state index is 0.694. The second-order valence-electron chi connectivity index (χ2n) is 2.99. The van der Waals surface area contributed by atoms with Crippen LogP contribution in [-0.2, 0) is 5.75 Å². The molecule has 1 heterocycles. The fourth-order valence-corrected chi connectivity index (χ4v) is 2.52. The van der Waals surface area contributed by atoms with Crippen LogP contribution in [0.25, 0.3) is 0 Å². The third-order valence-corrected chi connectivity index (χ3v) is 3.87. The third-order valence-electron chi connectivity index (χ3n) is 1.83. The Labute approximate surface area is 114 Å². The van der Waals surface area contributed by atoms with Crippen molar-refractivity contribution in [3.63, 3.8) is 0 Å². The lowest BCUT2D eigenvalue weighted by molar-refractivity contribution is 0.942. The molecule has 0 fully saturated rings. The first kappa shape index (κ1) is 13.7. The number of hydrogen-bond donors (Lipinski definition) is 2.